The molecule has 1 aliphatic rings. The molecule has 3 heterocycles. The van der Waals surface area contributed by atoms with E-state index >= 15 is 0 Å². The molecule has 9 heteroatoms. The fraction of sp³-hybridized carbons (Fsp3) is 0.538. The molecule has 2 aromatic heterocycles. The lowest BCUT2D eigenvalue weighted by atomic mass is 10.1. The Labute approximate surface area is 133 Å². The largest absolute Gasteiger partial charge is 0.378 e. The number of nitrogens with one attached hydrogen (secondary N) is 1. The minimum atomic E-state index is -3.32. The lowest BCUT2D eigenvalue weighted by Gasteiger charge is -2.34. The normalized spacial score (nSPS) is 20.4. The van der Waals surface area contributed by atoms with Crippen LogP contribution in [0.3, 0.4) is 0 Å². The van der Waals surface area contributed by atoms with E-state index in [2.05, 4.69) is 20.1 Å². The monoisotopic (exact) mass is 342 g/mol. The van der Waals surface area contributed by atoms with Crippen LogP contribution in [0.15, 0.2) is 16.5 Å². The summed E-state index contributed by atoms with van der Waals surface area (Å²) < 4.78 is 29.3. The third-order valence-electron chi connectivity index (χ3n) is 3.64. The van der Waals surface area contributed by atoms with Gasteiger partial charge in [-0.1, -0.05) is 0 Å². The minimum Gasteiger partial charge on any atom is -0.378 e. The van der Waals surface area contributed by atoms with Crippen molar-refractivity contribution in [1.82, 2.24) is 20.1 Å². The number of H-pyrrole nitrogens is 1. The Morgan fingerprint density at radius 1 is 1.55 bits per heavy atom. The molecule has 1 saturated heterocycles. The highest BCUT2D eigenvalue weighted by atomic mass is 32.2. The molecule has 120 valence electrons. The first kappa shape index (κ1) is 15.6. The number of hydrogen-bond acceptors (Lipinski definition) is 7. The van der Waals surface area contributed by atoms with Crippen LogP contribution in [0, 0.1) is 6.92 Å². The van der Waals surface area contributed by atoms with Crippen molar-refractivity contribution in [3.05, 3.63) is 28.0 Å². The molecule has 1 N–H and O–H groups in total. The fourth-order valence-electron chi connectivity index (χ4n) is 2.60. The van der Waals surface area contributed by atoms with E-state index in [9.17, 15) is 8.42 Å². The molecule has 0 unspecified atom stereocenters. The van der Waals surface area contributed by atoms with Crippen LogP contribution >= 0.6 is 11.3 Å². The second-order valence-corrected chi connectivity index (χ2v) is 8.39. The maximum absolute atomic E-state index is 11.9. The summed E-state index contributed by atoms with van der Waals surface area (Å²) in [5.74, 6) is 0. The Morgan fingerprint density at radius 2 is 2.36 bits per heavy atom. The lowest BCUT2D eigenvalue weighted by molar-refractivity contribution is -0.0157. The summed E-state index contributed by atoms with van der Waals surface area (Å²) in [6.45, 7) is 4.43. The smallest absolute Gasteiger partial charge is 0.178 e. The number of aryl methyl sites for hydroxylation is 1. The zero-order valence-corrected chi connectivity index (χ0v) is 14.1. The third-order valence-corrected chi connectivity index (χ3v) is 5.58. The number of rotatable bonds is 4. The van der Waals surface area contributed by atoms with Crippen LogP contribution < -0.4 is 0 Å². The Kier molecular flexibility index (Phi) is 4.31. The van der Waals surface area contributed by atoms with Gasteiger partial charge in [0.15, 0.2) is 9.84 Å². The van der Waals surface area contributed by atoms with Crippen molar-refractivity contribution in [3.63, 3.8) is 0 Å². The van der Waals surface area contributed by atoms with Crippen molar-refractivity contribution >= 4 is 21.2 Å². The topological polar surface area (TPSA) is 88.2 Å². The summed E-state index contributed by atoms with van der Waals surface area (Å²) in [7, 11) is -3.32. The van der Waals surface area contributed by atoms with Gasteiger partial charge in [0.05, 0.1) is 41.8 Å². The predicted molar refractivity (Wildman–Crippen MR) is 82.5 cm³/mol. The van der Waals surface area contributed by atoms with Gasteiger partial charge in [-0.25, -0.2) is 13.4 Å². The van der Waals surface area contributed by atoms with E-state index in [4.69, 9.17) is 4.74 Å². The average Bonchev–Trinajstić information content (AvgIpc) is 3.08. The van der Waals surface area contributed by atoms with Gasteiger partial charge in [-0.15, -0.1) is 11.3 Å². The molecule has 1 aliphatic heterocycles. The molecular weight excluding hydrogens is 324 g/mol. The van der Waals surface area contributed by atoms with Crippen molar-refractivity contribution < 1.29 is 13.2 Å². The van der Waals surface area contributed by atoms with Crippen LogP contribution in [-0.2, 0) is 21.1 Å². The van der Waals surface area contributed by atoms with E-state index < -0.39 is 9.84 Å². The summed E-state index contributed by atoms with van der Waals surface area (Å²) in [5.41, 5.74) is 1.59. The maximum atomic E-state index is 11.9. The van der Waals surface area contributed by atoms with E-state index in [0.717, 1.165) is 17.2 Å². The molecule has 1 fully saturated rings. The van der Waals surface area contributed by atoms with Gasteiger partial charge in [-0.2, -0.15) is 5.10 Å². The quantitative estimate of drug-likeness (QED) is 0.897. The first-order valence-electron chi connectivity index (χ1n) is 6.91. The molecular formula is C13H18N4O3S2. The number of aromatic nitrogens is 3. The molecule has 1 atom stereocenters. The maximum Gasteiger partial charge on any atom is 0.178 e. The standard InChI is InChI=1S/C13H18N4O3S2/c1-9-15-10(8-21-9)6-17-3-4-20-7-11(17)13-12(5-14-16-13)22(2,18)19/h5,8,11H,3-4,6-7H2,1-2H3,(H,14,16)/t11-/m1/s1. The molecule has 2 aromatic rings. The van der Waals surface area contributed by atoms with Crippen molar-refractivity contribution in [2.24, 2.45) is 0 Å². The van der Waals surface area contributed by atoms with Crippen molar-refractivity contribution in [2.45, 2.75) is 24.4 Å². The highest BCUT2D eigenvalue weighted by molar-refractivity contribution is 7.90. The number of thiazole rings is 1. The first-order valence-corrected chi connectivity index (χ1v) is 9.68. The number of morpholine rings is 1. The number of ether oxygens (including phenoxy) is 1. The molecule has 0 aromatic carbocycles. The van der Waals surface area contributed by atoms with Crippen molar-refractivity contribution in [3.8, 4) is 0 Å². The van der Waals surface area contributed by atoms with E-state index in [0.29, 0.717) is 25.5 Å². The number of hydrogen-bond donors (Lipinski definition) is 1. The lowest BCUT2D eigenvalue weighted by Crippen LogP contribution is -2.39. The third kappa shape index (κ3) is 3.22. The Balaban J connectivity index is 1.88. The summed E-state index contributed by atoms with van der Waals surface area (Å²) in [4.78, 5) is 6.90. The van der Waals surface area contributed by atoms with E-state index in [1.54, 1.807) is 11.3 Å². The Hall–Kier alpha value is -1.29. The van der Waals surface area contributed by atoms with Gasteiger partial charge in [0.25, 0.3) is 0 Å². The van der Waals surface area contributed by atoms with Crippen LogP contribution in [0.25, 0.3) is 0 Å². The Morgan fingerprint density at radius 3 is 3.05 bits per heavy atom. The number of sulfone groups is 1. The summed E-state index contributed by atoms with van der Waals surface area (Å²) in [5, 5.41) is 9.80. The summed E-state index contributed by atoms with van der Waals surface area (Å²) in [6.07, 6.45) is 2.56. The molecule has 0 bridgehead atoms. The van der Waals surface area contributed by atoms with Crippen molar-refractivity contribution in [2.75, 3.05) is 26.0 Å². The van der Waals surface area contributed by atoms with Gasteiger partial charge >= 0.3 is 0 Å². The van der Waals surface area contributed by atoms with Gasteiger partial charge < -0.3 is 4.74 Å². The van der Waals surface area contributed by atoms with Gasteiger partial charge in [-0.3, -0.25) is 10.00 Å². The molecule has 0 amide bonds. The second-order valence-electron chi connectivity index (χ2n) is 5.34. The van der Waals surface area contributed by atoms with Crippen LogP contribution in [0.5, 0.6) is 0 Å². The van der Waals surface area contributed by atoms with Crippen LogP contribution in [0.4, 0.5) is 0 Å². The molecule has 0 spiro atoms. The molecule has 0 aliphatic carbocycles. The highest BCUT2D eigenvalue weighted by Crippen LogP contribution is 2.29. The SMILES string of the molecule is Cc1nc(CN2CCOC[C@@H]2c2[nH]ncc2S(C)(=O)=O)cs1. The molecule has 22 heavy (non-hydrogen) atoms. The van der Waals surface area contributed by atoms with E-state index in [1.165, 1.54) is 12.5 Å². The zero-order chi connectivity index (χ0) is 15.7. The molecule has 0 radical (unpaired) electrons. The summed E-state index contributed by atoms with van der Waals surface area (Å²) in [6, 6.07) is -0.164. The van der Waals surface area contributed by atoms with E-state index in [1.807, 2.05) is 12.3 Å². The van der Waals surface area contributed by atoms with Crippen LogP contribution in [0.1, 0.15) is 22.4 Å². The minimum absolute atomic E-state index is 0.164. The number of nitrogens with zero attached hydrogens (tertiary/aromatic N) is 3. The van der Waals surface area contributed by atoms with Gasteiger partial charge in [0.2, 0.25) is 0 Å². The molecule has 7 nitrogen and oxygen atoms in total. The van der Waals surface area contributed by atoms with Crippen LogP contribution in [0.2, 0.25) is 0 Å². The summed E-state index contributed by atoms with van der Waals surface area (Å²) >= 11 is 1.61. The second kappa shape index (κ2) is 6.07. The van der Waals surface area contributed by atoms with Gasteiger partial charge in [-0.05, 0) is 6.92 Å². The van der Waals surface area contributed by atoms with E-state index in [-0.39, 0.29) is 10.9 Å². The first-order chi connectivity index (χ1) is 10.4. The zero-order valence-electron chi connectivity index (χ0n) is 12.4. The molecule has 3 rings (SSSR count). The highest BCUT2D eigenvalue weighted by Gasteiger charge is 2.31. The van der Waals surface area contributed by atoms with Crippen LogP contribution in [-0.4, -0.2) is 54.5 Å². The fourth-order valence-corrected chi connectivity index (χ4v) is 4.03. The predicted octanol–water partition coefficient (Wildman–Crippen LogP) is 1.15. The van der Waals surface area contributed by atoms with Crippen molar-refractivity contribution in [1.29, 1.82) is 0 Å². The molecule has 0 saturated carbocycles. The number of aromatic amines is 1. The van der Waals surface area contributed by atoms with Gasteiger partial charge in [0, 0.05) is 24.7 Å². The van der Waals surface area contributed by atoms with Gasteiger partial charge in [0.1, 0.15) is 4.90 Å². The average molecular weight is 342 g/mol. The Bertz CT molecular complexity index is 753.